The molecule has 0 bridgehead atoms. The third-order valence-electron chi connectivity index (χ3n) is 4.53. The van der Waals surface area contributed by atoms with Crippen LogP contribution < -0.4 is 5.32 Å². The monoisotopic (exact) mass is 313 g/mol. The van der Waals surface area contributed by atoms with Gasteiger partial charge in [0, 0.05) is 10.4 Å². The maximum atomic E-state index is 6.15. The first-order valence-corrected chi connectivity index (χ1v) is 9.08. The Morgan fingerprint density at radius 1 is 1.30 bits per heavy atom. The zero-order valence-corrected chi connectivity index (χ0v) is 14.8. The summed E-state index contributed by atoms with van der Waals surface area (Å²) in [6, 6.07) is 4.31. The fourth-order valence-electron chi connectivity index (χ4n) is 3.25. The summed E-state index contributed by atoms with van der Waals surface area (Å²) < 4.78 is 0.932. The van der Waals surface area contributed by atoms with Gasteiger partial charge in [-0.05, 0) is 70.0 Å². The van der Waals surface area contributed by atoms with E-state index < -0.39 is 0 Å². The van der Waals surface area contributed by atoms with E-state index in [0.29, 0.717) is 5.92 Å². The summed E-state index contributed by atoms with van der Waals surface area (Å²) in [4.78, 5) is 1.49. The second kappa shape index (κ2) is 6.81. The molecule has 3 atom stereocenters. The molecule has 1 heterocycles. The van der Waals surface area contributed by atoms with Crippen molar-refractivity contribution in [3.05, 3.63) is 21.3 Å². The average Bonchev–Trinajstić information content (AvgIpc) is 2.82. The van der Waals surface area contributed by atoms with Crippen LogP contribution in [0.1, 0.15) is 64.2 Å². The predicted molar refractivity (Wildman–Crippen MR) is 90.9 cm³/mol. The van der Waals surface area contributed by atoms with E-state index in [4.69, 9.17) is 11.6 Å². The van der Waals surface area contributed by atoms with Gasteiger partial charge in [-0.1, -0.05) is 31.4 Å². The molecule has 0 spiro atoms. The van der Waals surface area contributed by atoms with E-state index in [1.165, 1.54) is 30.6 Å². The summed E-state index contributed by atoms with van der Waals surface area (Å²) in [7, 11) is 0. The second-order valence-electron chi connectivity index (χ2n) is 7.23. The van der Waals surface area contributed by atoms with Crippen LogP contribution in [0.15, 0.2) is 12.1 Å². The number of hydrogen-bond donors (Lipinski definition) is 1. The molecular weight excluding hydrogens is 286 g/mol. The molecule has 20 heavy (non-hydrogen) atoms. The number of nitrogens with one attached hydrogen (secondary N) is 1. The molecule has 3 heteroatoms. The van der Waals surface area contributed by atoms with Crippen LogP contribution in [-0.4, -0.2) is 12.1 Å². The summed E-state index contributed by atoms with van der Waals surface area (Å²) in [6.07, 6.45) is 5.39. The molecule has 1 saturated carbocycles. The largest absolute Gasteiger partial charge is 0.312 e. The molecule has 1 aliphatic rings. The lowest BCUT2D eigenvalue weighted by molar-refractivity contribution is 0.215. The van der Waals surface area contributed by atoms with Gasteiger partial charge >= 0.3 is 0 Å². The van der Waals surface area contributed by atoms with Gasteiger partial charge in [0.15, 0.2) is 0 Å². The van der Waals surface area contributed by atoms with E-state index in [2.05, 4.69) is 45.1 Å². The van der Waals surface area contributed by atoms with Crippen molar-refractivity contribution in [3.63, 3.8) is 0 Å². The van der Waals surface area contributed by atoms with E-state index in [1.54, 1.807) is 11.3 Å². The van der Waals surface area contributed by atoms with Gasteiger partial charge in [-0.25, -0.2) is 0 Å². The fraction of sp³-hybridized carbons (Fsp3) is 0.765. The topological polar surface area (TPSA) is 12.0 Å². The summed E-state index contributed by atoms with van der Waals surface area (Å²) in [6.45, 7) is 10.2. The zero-order chi connectivity index (χ0) is 14.8. The predicted octanol–water partition coefficient (Wildman–Crippen LogP) is 5.70. The number of thiophene rings is 1. The minimum atomic E-state index is 0.208. The van der Waals surface area contributed by atoms with Gasteiger partial charge in [-0.2, -0.15) is 0 Å². The SMILES string of the molecule is CCC1CCC(CNC(C)(C)C)C(c2ccc(Cl)s2)C1. The highest BCUT2D eigenvalue weighted by molar-refractivity contribution is 7.16. The van der Waals surface area contributed by atoms with Crippen molar-refractivity contribution in [3.8, 4) is 0 Å². The molecule has 1 aliphatic carbocycles. The highest BCUT2D eigenvalue weighted by Crippen LogP contribution is 2.44. The van der Waals surface area contributed by atoms with E-state index >= 15 is 0 Å². The molecule has 0 saturated heterocycles. The Bertz CT molecular complexity index is 421. The average molecular weight is 314 g/mol. The summed E-state index contributed by atoms with van der Waals surface area (Å²) in [5, 5.41) is 3.70. The smallest absolute Gasteiger partial charge is 0.0931 e. The Morgan fingerprint density at radius 2 is 2.05 bits per heavy atom. The number of rotatable bonds is 4. The van der Waals surface area contributed by atoms with E-state index in [0.717, 1.165) is 22.7 Å². The highest BCUT2D eigenvalue weighted by atomic mass is 35.5. The van der Waals surface area contributed by atoms with Crippen LogP contribution in [0.2, 0.25) is 4.34 Å². The van der Waals surface area contributed by atoms with Crippen LogP contribution in [0.4, 0.5) is 0 Å². The number of halogens is 1. The molecule has 1 fully saturated rings. The van der Waals surface area contributed by atoms with E-state index in [1.807, 2.05) is 0 Å². The quantitative estimate of drug-likeness (QED) is 0.752. The molecule has 2 rings (SSSR count). The van der Waals surface area contributed by atoms with Crippen molar-refractivity contribution in [1.82, 2.24) is 5.32 Å². The van der Waals surface area contributed by atoms with Gasteiger partial charge in [0.1, 0.15) is 0 Å². The minimum Gasteiger partial charge on any atom is -0.312 e. The first kappa shape index (κ1) is 16.3. The normalized spacial score (nSPS) is 27.8. The van der Waals surface area contributed by atoms with Gasteiger partial charge in [-0.3, -0.25) is 0 Å². The Labute approximate surface area is 133 Å². The Balaban J connectivity index is 2.08. The van der Waals surface area contributed by atoms with Gasteiger partial charge in [0.25, 0.3) is 0 Å². The summed E-state index contributed by atoms with van der Waals surface area (Å²) >= 11 is 7.93. The number of hydrogen-bond acceptors (Lipinski definition) is 2. The van der Waals surface area contributed by atoms with Crippen LogP contribution in [0.5, 0.6) is 0 Å². The van der Waals surface area contributed by atoms with Gasteiger partial charge in [-0.15, -0.1) is 11.3 Å². The maximum Gasteiger partial charge on any atom is 0.0931 e. The first-order valence-electron chi connectivity index (χ1n) is 7.89. The van der Waals surface area contributed by atoms with Crippen LogP contribution >= 0.6 is 22.9 Å². The van der Waals surface area contributed by atoms with E-state index in [9.17, 15) is 0 Å². The molecule has 0 radical (unpaired) electrons. The van der Waals surface area contributed by atoms with Crippen molar-refractivity contribution in [2.24, 2.45) is 11.8 Å². The van der Waals surface area contributed by atoms with Gasteiger partial charge in [0.05, 0.1) is 4.34 Å². The molecule has 1 aromatic heterocycles. The fourth-order valence-corrected chi connectivity index (χ4v) is 4.52. The standard InChI is InChI=1S/C17H28ClNS/c1-5-12-6-7-13(11-19-17(2,3)4)14(10-12)15-8-9-16(18)20-15/h8-9,12-14,19H,5-7,10-11H2,1-4H3. The van der Waals surface area contributed by atoms with E-state index in [-0.39, 0.29) is 5.54 Å². The van der Waals surface area contributed by atoms with Crippen LogP contribution in [0, 0.1) is 11.8 Å². The zero-order valence-electron chi connectivity index (χ0n) is 13.2. The Morgan fingerprint density at radius 3 is 2.60 bits per heavy atom. The minimum absolute atomic E-state index is 0.208. The Hall–Kier alpha value is -0.0500. The third-order valence-corrected chi connectivity index (χ3v) is 5.90. The molecule has 0 amide bonds. The highest BCUT2D eigenvalue weighted by Gasteiger charge is 2.32. The van der Waals surface area contributed by atoms with Crippen molar-refractivity contribution in [2.45, 2.75) is 64.8 Å². The van der Waals surface area contributed by atoms with Crippen LogP contribution in [0.3, 0.4) is 0 Å². The molecule has 1 N–H and O–H groups in total. The van der Waals surface area contributed by atoms with Crippen LogP contribution in [0.25, 0.3) is 0 Å². The van der Waals surface area contributed by atoms with Gasteiger partial charge in [0.2, 0.25) is 0 Å². The lowest BCUT2D eigenvalue weighted by Gasteiger charge is -2.37. The van der Waals surface area contributed by atoms with Crippen LogP contribution in [-0.2, 0) is 0 Å². The molecule has 114 valence electrons. The molecule has 1 aromatic rings. The lowest BCUT2D eigenvalue weighted by Crippen LogP contribution is -2.41. The van der Waals surface area contributed by atoms with Crippen molar-refractivity contribution >= 4 is 22.9 Å². The van der Waals surface area contributed by atoms with Crippen molar-refractivity contribution in [1.29, 1.82) is 0 Å². The molecule has 0 aliphatic heterocycles. The summed E-state index contributed by atoms with van der Waals surface area (Å²) in [5.41, 5.74) is 0.208. The maximum absolute atomic E-state index is 6.15. The van der Waals surface area contributed by atoms with Crippen molar-refractivity contribution in [2.75, 3.05) is 6.54 Å². The molecular formula is C17H28ClNS. The molecule has 0 aromatic carbocycles. The third kappa shape index (κ3) is 4.47. The van der Waals surface area contributed by atoms with Crippen molar-refractivity contribution < 1.29 is 0 Å². The summed E-state index contributed by atoms with van der Waals surface area (Å²) in [5.74, 6) is 2.35. The molecule has 3 unspecified atom stereocenters. The molecule has 1 nitrogen and oxygen atoms in total. The second-order valence-corrected chi connectivity index (χ2v) is 8.97. The first-order chi connectivity index (χ1) is 9.39. The Kier molecular flexibility index (Phi) is 5.56. The lowest BCUT2D eigenvalue weighted by atomic mass is 9.72. The van der Waals surface area contributed by atoms with Gasteiger partial charge < -0.3 is 5.32 Å².